The Labute approximate surface area is 154 Å². The minimum atomic E-state index is -0.163. The molecule has 1 aliphatic heterocycles. The summed E-state index contributed by atoms with van der Waals surface area (Å²) in [6.07, 6.45) is 3.14. The van der Waals surface area contributed by atoms with Gasteiger partial charge in [0.2, 0.25) is 0 Å². The number of nitrogens with one attached hydrogen (secondary N) is 1. The monoisotopic (exact) mass is 369 g/mol. The van der Waals surface area contributed by atoms with Gasteiger partial charge in [0.1, 0.15) is 0 Å². The molecule has 1 aromatic carbocycles. The van der Waals surface area contributed by atoms with Crippen molar-refractivity contribution in [2.45, 2.75) is 0 Å². The van der Waals surface area contributed by atoms with Crippen molar-refractivity contribution in [3.63, 3.8) is 0 Å². The molecule has 0 atom stereocenters. The minimum absolute atomic E-state index is 0. The maximum Gasteiger partial charge on any atom is 0.268 e. The highest BCUT2D eigenvalue weighted by atomic mass is 35.5. The number of carbonyl (C=O) groups excluding carboxylic acids is 1. The Hall–Kier alpha value is -1.73. The summed E-state index contributed by atoms with van der Waals surface area (Å²) in [4.78, 5) is 23.0. The van der Waals surface area contributed by atoms with Crippen LogP contribution in [0.1, 0.15) is 10.4 Å². The molecule has 1 aliphatic rings. The maximum atomic E-state index is 12.2. The molecule has 24 heavy (non-hydrogen) atoms. The number of halogens is 2. The average Bonchev–Trinajstić information content (AvgIpc) is 2.58. The number of rotatable bonds is 3. The van der Waals surface area contributed by atoms with E-state index in [0.717, 1.165) is 31.7 Å². The van der Waals surface area contributed by atoms with Crippen LogP contribution in [0.25, 0.3) is 11.4 Å². The predicted molar refractivity (Wildman–Crippen MR) is 98.5 cm³/mol. The van der Waals surface area contributed by atoms with Crippen LogP contribution in [0.4, 0.5) is 0 Å². The third-order valence-corrected chi connectivity index (χ3v) is 3.71. The van der Waals surface area contributed by atoms with Gasteiger partial charge in [-0.05, 0) is 7.05 Å². The lowest BCUT2D eigenvalue weighted by molar-refractivity contribution is 0.0662. The molecule has 2 aromatic rings. The zero-order valence-corrected chi connectivity index (χ0v) is 15.0. The zero-order chi connectivity index (χ0) is 15.4. The van der Waals surface area contributed by atoms with Crippen LogP contribution in [-0.2, 0) is 0 Å². The van der Waals surface area contributed by atoms with Crippen molar-refractivity contribution in [2.75, 3.05) is 33.2 Å². The Morgan fingerprint density at radius 3 is 2.17 bits per heavy atom. The van der Waals surface area contributed by atoms with E-state index in [1.807, 2.05) is 35.3 Å². The third kappa shape index (κ3) is 5.14. The van der Waals surface area contributed by atoms with E-state index in [1.165, 1.54) is 0 Å². The molecule has 1 aromatic heterocycles. The van der Waals surface area contributed by atoms with E-state index in [2.05, 4.69) is 27.3 Å². The molecular formula is C16H21Cl2N5O. The summed E-state index contributed by atoms with van der Waals surface area (Å²) in [5.74, 6) is 0.459. The molecule has 8 heteroatoms. The number of hydrazine groups is 1. The van der Waals surface area contributed by atoms with E-state index in [1.54, 1.807) is 12.4 Å². The molecule has 0 unspecified atom stereocenters. The highest BCUT2D eigenvalue weighted by Crippen LogP contribution is 2.13. The summed E-state index contributed by atoms with van der Waals surface area (Å²) < 4.78 is 0. The molecule has 1 N–H and O–H groups in total. The minimum Gasteiger partial charge on any atom is -0.304 e. The number of aromatic nitrogens is 2. The van der Waals surface area contributed by atoms with Crippen molar-refractivity contribution >= 4 is 30.7 Å². The number of nitrogens with zero attached hydrogens (tertiary/aromatic N) is 4. The van der Waals surface area contributed by atoms with Crippen LogP contribution < -0.4 is 5.43 Å². The molecule has 1 amide bonds. The van der Waals surface area contributed by atoms with Gasteiger partial charge in [-0.15, -0.1) is 24.8 Å². The average molecular weight is 370 g/mol. The number of amides is 1. The predicted octanol–water partition coefficient (Wildman–Crippen LogP) is 1.88. The standard InChI is InChI=1S/C16H19N5O.2ClH/c1-20-7-9-21(10-8-20)19-16(22)14-11-17-15(18-12-14)13-5-3-2-4-6-13;;/h2-6,11-12H,7-10H2,1H3,(H,19,22);2*1H. The van der Waals surface area contributed by atoms with Gasteiger partial charge in [-0.25, -0.2) is 15.0 Å². The Morgan fingerprint density at radius 2 is 1.58 bits per heavy atom. The first kappa shape index (κ1) is 20.3. The fraction of sp³-hybridized carbons (Fsp3) is 0.312. The fourth-order valence-corrected chi connectivity index (χ4v) is 2.31. The van der Waals surface area contributed by atoms with E-state index in [9.17, 15) is 4.79 Å². The van der Waals surface area contributed by atoms with Gasteiger partial charge in [0.05, 0.1) is 5.56 Å². The van der Waals surface area contributed by atoms with E-state index in [-0.39, 0.29) is 30.7 Å². The van der Waals surface area contributed by atoms with Gasteiger partial charge < -0.3 is 4.90 Å². The molecule has 0 saturated carbocycles. The second kappa shape index (κ2) is 9.54. The van der Waals surface area contributed by atoms with Crippen LogP contribution in [0.5, 0.6) is 0 Å². The number of hydrogen-bond acceptors (Lipinski definition) is 5. The van der Waals surface area contributed by atoms with E-state index >= 15 is 0 Å². The first-order chi connectivity index (χ1) is 10.7. The molecule has 130 valence electrons. The van der Waals surface area contributed by atoms with Crippen LogP contribution in [0.3, 0.4) is 0 Å². The summed E-state index contributed by atoms with van der Waals surface area (Å²) in [6, 6.07) is 9.71. The lowest BCUT2D eigenvalue weighted by Crippen LogP contribution is -2.52. The van der Waals surface area contributed by atoms with Gasteiger partial charge in [0.15, 0.2) is 5.82 Å². The first-order valence-electron chi connectivity index (χ1n) is 7.34. The van der Waals surface area contributed by atoms with Crippen LogP contribution >= 0.6 is 24.8 Å². The Kier molecular flexibility index (Phi) is 8.07. The topological polar surface area (TPSA) is 61.4 Å². The van der Waals surface area contributed by atoms with Crippen molar-refractivity contribution in [3.8, 4) is 11.4 Å². The number of benzene rings is 1. The molecular weight excluding hydrogens is 349 g/mol. The third-order valence-electron chi connectivity index (χ3n) is 3.71. The summed E-state index contributed by atoms with van der Waals surface area (Å²) in [5, 5.41) is 1.94. The quantitative estimate of drug-likeness (QED) is 0.894. The van der Waals surface area contributed by atoms with E-state index in [0.29, 0.717) is 11.4 Å². The van der Waals surface area contributed by atoms with Gasteiger partial charge in [-0.1, -0.05) is 30.3 Å². The second-order valence-corrected chi connectivity index (χ2v) is 5.39. The Balaban J connectivity index is 0.00000144. The smallest absolute Gasteiger partial charge is 0.268 e. The summed E-state index contributed by atoms with van der Waals surface area (Å²) in [5.41, 5.74) is 4.31. The van der Waals surface area contributed by atoms with Crippen LogP contribution in [0.2, 0.25) is 0 Å². The first-order valence-corrected chi connectivity index (χ1v) is 7.34. The Bertz CT molecular complexity index is 631. The van der Waals surface area contributed by atoms with Gasteiger partial charge in [-0.3, -0.25) is 10.2 Å². The lowest BCUT2D eigenvalue weighted by atomic mass is 10.2. The lowest BCUT2D eigenvalue weighted by Gasteiger charge is -2.32. The number of piperazine rings is 1. The SMILES string of the molecule is CN1CCN(NC(=O)c2cnc(-c3ccccc3)nc2)CC1.Cl.Cl. The highest BCUT2D eigenvalue weighted by Gasteiger charge is 2.17. The van der Waals surface area contributed by atoms with Crippen LogP contribution in [0, 0.1) is 0 Å². The van der Waals surface area contributed by atoms with E-state index in [4.69, 9.17) is 0 Å². The Morgan fingerprint density at radius 1 is 1.00 bits per heavy atom. The van der Waals surface area contributed by atoms with Crippen molar-refractivity contribution in [1.82, 2.24) is 25.3 Å². The molecule has 0 radical (unpaired) electrons. The van der Waals surface area contributed by atoms with Crippen LogP contribution in [0.15, 0.2) is 42.7 Å². The summed E-state index contributed by atoms with van der Waals surface area (Å²) in [7, 11) is 2.08. The van der Waals surface area contributed by atoms with Crippen molar-refractivity contribution in [1.29, 1.82) is 0 Å². The fourth-order valence-electron chi connectivity index (χ4n) is 2.31. The molecule has 6 nitrogen and oxygen atoms in total. The largest absolute Gasteiger partial charge is 0.304 e. The van der Waals surface area contributed by atoms with Gasteiger partial charge in [0, 0.05) is 44.1 Å². The number of hydrogen-bond donors (Lipinski definition) is 1. The normalized spacial score (nSPS) is 15.0. The van der Waals surface area contributed by atoms with Crippen LogP contribution in [-0.4, -0.2) is 59.0 Å². The second-order valence-electron chi connectivity index (χ2n) is 5.39. The van der Waals surface area contributed by atoms with Gasteiger partial charge in [0.25, 0.3) is 5.91 Å². The molecule has 1 fully saturated rings. The zero-order valence-electron chi connectivity index (χ0n) is 13.4. The summed E-state index contributed by atoms with van der Waals surface area (Å²) >= 11 is 0. The molecule has 0 bridgehead atoms. The van der Waals surface area contributed by atoms with Crippen molar-refractivity contribution < 1.29 is 4.79 Å². The summed E-state index contributed by atoms with van der Waals surface area (Å²) in [6.45, 7) is 3.55. The molecule has 0 spiro atoms. The molecule has 2 heterocycles. The van der Waals surface area contributed by atoms with Gasteiger partial charge in [-0.2, -0.15) is 0 Å². The number of likely N-dealkylation sites (N-methyl/N-ethyl adjacent to an activating group) is 1. The molecule has 1 saturated heterocycles. The van der Waals surface area contributed by atoms with E-state index < -0.39 is 0 Å². The molecule has 0 aliphatic carbocycles. The van der Waals surface area contributed by atoms with Gasteiger partial charge >= 0.3 is 0 Å². The van der Waals surface area contributed by atoms with Crippen molar-refractivity contribution in [2.24, 2.45) is 0 Å². The number of carbonyl (C=O) groups is 1. The highest BCUT2D eigenvalue weighted by molar-refractivity contribution is 5.93. The molecule has 3 rings (SSSR count). The van der Waals surface area contributed by atoms with Crippen molar-refractivity contribution in [3.05, 3.63) is 48.3 Å². The maximum absolute atomic E-state index is 12.2.